The molecule has 2 aliphatic rings. The van der Waals surface area contributed by atoms with Gasteiger partial charge in [-0.2, -0.15) is 0 Å². The number of nitrogens with zero attached hydrogens (tertiary/aromatic N) is 1. The van der Waals surface area contributed by atoms with E-state index in [1.807, 2.05) is 4.90 Å². The van der Waals surface area contributed by atoms with Crippen LogP contribution in [0.2, 0.25) is 0 Å². The Kier molecular flexibility index (Phi) is 2.05. The minimum Gasteiger partial charge on any atom is -0.345 e. The number of hydrogen-bond donors (Lipinski definition) is 1. The number of likely N-dealkylation sites (tertiary alicyclic amines) is 1. The number of hydrogen-bond acceptors (Lipinski definition) is 2. The molecule has 2 aliphatic heterocycles. The number of rotatable bonds is 1. The molecule has 0 atom stereocenters. The van der Waals surface area contributed by atoms with Crippen LogP contribution in [-0.2, 0) is 4.79 Å². The Bertz CT molecular complexity index is 165. The van der Waals surface area contributed by atoms with E-state index in [2.05, 4.69) is 5.32 Å². The van der Waals surface area contributed by atoms with Crippen LogP contribution in [0.4, 0.5) is 0 Å². The van der Waals surface area contributed by atoms with Crippen molar-refractivity contribution in [2.75, 3.05) is 19.6 Å². The lowest BCUT2D eigenvalue weighted by molar-refractivity contribution is -0.119. The standard InChI is InChI=1S/C9H16N2O/c12-8-11-6-3-9(4-7-11)2-1-5-10-9/h8,10H,1-7H2. The summed E-state index contributed by atoms with van der Waals surface area (Å²) in [6.45, 7) is 3.05. The lowest BCUT2D eigenvalue weighted by atomic mass is 9.86. The molecule has 1 N–H and O–H groups in total. The maximum absolute atomic E-state index is 10.5. The molecule has 0 aliphatic carbocycles. The Hall–Kier alpha value is -0.570. The van der Waals surface area contributed by atoms with Gasteiger partial charge in [-0.1, -0.05) is 0 Å². The van der Waals surface area contributed by atoms with Crippen molar-refractivity contribution in [3.63, 3.8) is 0 Å². The number of nitrogens with one attached hydrogen (secondary N) is 1. The van der Waals surface area contributed by atoms with E-state index < -0.39 is 0 Å². The van der Waals surface area contributed by atoms with Crippen LogP contribution in [0.3, 0.4) is 0 Å². The molecule has 0 aromatic rings. The molecule has 2 heterocycles. The van der Waals surface area contributed by atoms with Gasteiger partial charge in [0.2, 0.25) is 6.41 Å². The minimum absolute atomic E-state index is 0.402. The van der Waals surface area contributed by atoms with Gasteiger partial charge in [0.05, 0.1) is 0 Å². The molecule has 12 heavy (non-hydrogen) atoms. The molecule has 0 unspecified atom stereocenters. The normalized spacial score (nSPS) is 27.8. The summed E-state index contributed by atoms with van der Waals surface area (Å²) in [4.78, 5) is 12.3. The van der Waals surface area contributed by atoms with Crippen LogP contribution in [0.15, 0.2) is 0 Å². The van der Waals surface area contributed by atoms with Crippen LogP contribution in [-0.4, -0.2) is 36.5 Å². The van der Waals surface area contributed by atoms with Gasteiger partial charge in [-0.25, -0.2) is 0 Å². The summed E-state index contributed by atoms with van der Waals surface area (Å²) in [5.74, 6) is 0. The third-order valence-corrected chi connectivity index (χ3v) is 3.24. The highest BCUT2D eigenvalue weighted by Gasteiger charge is 2.36. The lowest BCUT2D eigenvalue weighted by Gasteiger charge is -2.37. The smallest absolute Gasteiger partial charge is 0.209 e. The van der Waals surface area contributed by atoms with E-state index in [-0.39, 0.29) is 0 Å². The summed E-state index contributed by atoms with van der Waals surface area (Å²) < 4.78 is 0. The Morgan fingerprint density at radius 1 is 1.25 bits per heavy atom. The Morgan fingerprint density at radius 3 is 2.50 bits per heavy atom. The number of carbonyl (C=O) groups is 1. The predicted molar refractivity (Wildman–Crippen MR) is 46.8 cm³/mol. The largest absolute Gasteiger partial charge is 0.345 e. The third-order valence-electron chi connectivity index (χ3n) is 3.24. The first-order chi connectivity index (χ1) is 5.85. The van der Waals surface area contributed by atoms with Crippen molar-refractivity contribution in [2.24, 2.45) is 0 Å². The van der Waals surface area contributed by atoms with Gasteiger partial charge >= 0.3 is 0 Å². The number of carbonyl (C=O) groups excluding carboxylic acids is 1. The highest BCUT2D eigenvalue weighted by atomic mass is 16.1. The van der Waals surface area contributed by atoms with Crippen LogP contribution >= 0.6 is 0 Å². The average Bonchev–Trinajstić information content (AvgIpc) is 2.55. The van der Waals surface area contributed by atoms with Gasteiger partial charge in [-0.05, 0) is 32.2 Å². The maximum Gasteiger partial charge on any atom is 0.209 e. The Morgan fingerprint density at radius 2 is 2.00 bits per heavy atom. The van der Waals surface area contributed by atoms with Gasteiger partial charge in [0, 0.05) is 18.6 Å². The summed E-state index contributed by atoms with van der Waals surface area (Å²) in [5.41, 5.74) is 0.402. The van der Waals surface area contributed by atoms with Crippen molar-refractivity contribution in [3.05, 3.63) is 0 Å². The van der Waals surface area contributed by atoms with E-state index in [9.17, 15) is 4.79 Å². The Balaban J connectivity index is 1.92. The average molecular weight is 168 g/mol. The first kappa shape index (κ1) is 8.05. The first-order valence-electron chi connectivity index (χ1n) is 4.79. The third kappa shape index (κ3) is 1.33. The van der Waals surface area contributed by atoms with Gasteiger partial charge in [0.1, 0.15) is 0 Å². The summed E-state index contributed by atoms with van der Waals surface area (Å²) in [6, 6.07) is 0. The molecule has 3 heteroatoms. The van der Waals surface area contributed by atoms with Gasteiger partial charge in [-0.3, -0.25) is 4.79 Å². The molecule has 3 nitrogen and oxygen atoms in total. The molecule has 0 aromatic carbocycles. The molecular weight excluding hydrogens is 152 g/mol. The summed E-state index contributed by atoms with van der Waals surface area (Å²) >= 11 is 0. The molecule has 2 fully saturated rings. The fourth-order valence-electron chi connectivity index (χ4n) is 2.35. The van der Waals surface area contributed by atoms with Crippen molar-refractivity contribution in [1.82, 2.24) is 10.2 Å². The van der Waals surface area contributed by atoms with Gasteiger partial charge in [-0.15, -0.1) is 0 Å². The SMILES string of the molecule is O=CN1CCC2(CCCN2)CC1. The molecule has 0 saturated carbocycles. The van der Waals surface area contributed by atoms with Crippen LogP contribution in [0.25, 0.3) is 0 Å². The monoisotopic (exact) mass is 168 g/mol. The lowest BCUT2D eigenvalue weighted by Crippen LogP contribution is -2.49. The molecule has 0 aromatic heterocycles. The second-order valence-corrected chi connectivity index (χ2v) is 3.95. The zero-order chi connectivity index (χ0) is 8.44. The van der Waals surface area contributed by atoms with Crippen molar-refractivity contribution in [1.29, 1.82) is 0 Å². The van der Waals surface area contributed by atoms with E-state index in [0.29, 0.717) is 5.54 Å². The summed E-state index contributed by atoms with van der Waals surface area (Å²) in [5, 5.41) is 3.57. The Labute approximate surface area is 73.1 Å². The second kappa shape index (κ2) is 3.05. The summed E-state index contributed by atoms with van der Waals surface area (Å²) in [7, 11) is 0. The second-order valence-electron chi connectivity index (χ2n) is 3.95. The molecule has 2 rings (SSSR count). The van der Waals surface area contributed by atoms with Crippen molar-refractivity contribution >= 4 is 6.41 Å². The fourth-order valence-corrected chi connectivity index (χ4v) is 2.35. The number of piperidine rings is 1. The van der Waals surface area contributed by atoms with Gasteiger partial charge < -0.3 is 10.2 Å². The van der Waals surface area contributed by atoms with E-state index in [4.69, 9.17) is 0 Å². The molecule has 1 spiro atoms. The van der Waals surface area contributed by atoms with Crippen molar-refractivity contribution in [2.45, 2.75) is 31.2 Å². The van der Waals surface area contributed by atoms with Crippen molar-refractivity contribution in [3.8, 4) is 0 Å². The molecule has 1 amide bonds. The minimum atomic E-state index is 0.402. The zero-order valence-corrected chi connectivity index (χ0v) is 7.38. The molecule has 0 radical (unpaired) electrons. The maximum atomic E-state index is 10.5. The van der Waals surface area contributed by atoms with Gasteiger partial charge in [0.25, 0.3) is 0 Å². The van der Waals surface area contributed by atoms with E-state index in [1.165, 1.54) is 19.4 Å². The van der Waals surface area contributed by atoms with E-state index in [0.717, 1.165) is 32.3 Å². The highest BCUT2D eigenvalue weighted by molar-refractivity contribution is 5.47. The first-order valence-corrected chi connectivity index (χ1v) is 4.79. The van der Waals surface area contributed by atoms with E-state index in [1.54, 1.807) is 0 Å². The van der Waals surface area contributed by atoms with Crippen LogP contribution in [0.5, 0.6) is 0 Å². The quantitative estimate of drug-likeness (QED) is 0.573. The predicted octanol–water partition coefficient (Wildman–Crippen LogP) is 0.361. The summed E-state index contributed by atoms with van der Waals surface area (Å²) in [6.07, 6.45) is 5.88. The molecule has 2 saturated heterocycles. The molecule has 68 valence electrons. The molecular formula is C9H16N2O. The van der Waals surface area contributed by atoms with E-state index >= 15 is 0 Å². The zero-order valence-electron chi connectivity index (χ0n) is 7.38. The van der Waals surface area contributed by atoms with Crippen molar-refractivity contribution < 1.29 is 4.79 Å². The molecule has 0 bridgehead atoms. The highest BCUT2D eigenvalue weighted by Crippen LogP contribution is 2.29. The fraction of sp³-hybridized carbons (Fsp3) is 0.889. The van der Waals surface area contributed by atoms with Crippen LogP contribution in [0, 0.1) is 0 Å². The topological polar surface area (TPSA) is 32.3 Å². The van der Waals surface area contributed by atoms with Crippen LogP contribution in [0.1, 0.15) is 25.7 Å². The van der Waals surface area contributed by atoms with Crippen LogP contribution < -0.4 is 5.32 Å². The van der Waals surface area contributed by atoms with Gasteiger partial charge in [0.15, 0.2) is 0 Å². The number of amides is 1.